The van der Waals surface area contributed by atoms with Crippen LogP contribution in [0.15, 0.2) is 24.5 Å². The van der Waals surface area contributed by atoms with Crippen LogP contribution in [0.5, 0.6) is 0 Å². The lowest BCUT2D eigenvalue weighted by atomic mass is 10.1. The summed E-state index contributed by atoms with van der Waals surface area (Å²) in [6.07, 6.45) is 9.43. The van der Waals surface area contributed by atoms with Crippen molar-refractivity contribution in [2.75, 3.05) is 11.1 Å². The first-order chi connectivity index (χ1) is 9.33. The molecule has 0 spiro atoms. The highest BCUT2D eigenvalue weighted by Crippen LogP contribution is 2.25. The Hall–Kier alpha value is -1.84. The number of aromatic nitrogens is 2. The highest BCUT2D eigenvalue weighted by molar-refractivity contribution is 5.90. The minimum atomic E-state index is 0.540. The Kier molecular flexibility index (Phi) is 3.49. The van der Waals surface area contributed by atoms with E-state index in [4.69, 9.17) is 5.73 Å². The Morgan fingerprint density at radius 1 is 1.05 bits per heavy atom. The van der Waals surface area contributed by atoms with Crippen LogP contribution in [-0.4, -0.2) is 16.0 Å². The standard InChI is InChI=1S/C15H20N4/c16-11-7-8-13-14(9-11)17-10-18-15(13)19-12-5-3-1-2-4-6-12/h7-10,12H,1-6,16H2,(H,17,18,19). The van der Waals surface area contributed by atoms with Crippen molar-refractivity contribution in [1.29, 1.82) is 0 Å². The van der Waals surface area contributed by atoms with Crippen molar-refractivity contribution in [2.45, 2.75) is 44.6 Å². The molecule has 2 aromatic rings. The van der Waals surface area contributed by atoms with Gasteiger partial charge in [0.2, 0.25) is 0 Å². The lowest BCUT2D eigenvalue weighted by Crippen LogP contribution is -2.19. The molecule has 4 heteroatoms. The molecule has 0 amide bonds. The van der Waals surface area contributed by atoms with Gasteiger partial charge in [-0.15, -0.1) is 0 Å². The van der Waals surface area contributed by atoms with Crippen LogP contribution in [0.3, 0.4) is 0 Å². The zero-order chi connectivity index (χ0) is 13.1. The van der Waals surface area contributed by atoms with Crippen molar-refractivity contribution >= 4 is 22.4 Å². The molecule has 0 aliphatic heterocycles. The molecule has 0 bridgehead atoms. The summed E-state index contributed by atoms with van der Waals surface area (Å²) in [5, 5.41) is 4.65. The lowest BCUT2D eigenvalue weighted by Gasteiger charge is -2.17. The summed E-state index contributed by atoms with van der Waals surface area (Å²) in [5.74, 6) is 0.942. The van der Waals surface area contributed by atoms with Crippen molar-refractivity contribution in [1.82, 2.24) is 9.97 Å². The molecule has 1 heterocycles. The van der Waals surface area contributed by atoms with Gasteiger partial charge in [0.05, 0.1) is 5.52 Å². The third kappa shape index (κ3) is 2.78. The summed E-state index contributed by atoms with van der Waals surface area (Å²) >= 11 is 0. The number of fused-ring (bicyclic) bond motifs is 1. The molecular weight excluding hydrogens is 236 g/mol. The predicted octanol–water partition coefficient (Wildman–Crippen LogP) is 3.35. The molecule has 1 aromatic heterocycles. The topological polar surface area (TPSA) is 63.8 Å². The molecule has 0 radical (unpaired) electrons. The van der Waals surface area contributed by atoms with Crippen LogP contribution in [0.2, 0.25) is 0 Å². The average Bonchev–Trinajstić information content (AvgIpc) is 2.67. The zero-order valence-electron chi connectivity index (χ0n) is 11.1. The molecule has 1 aliphatic rings. The highest BCUT2D eigenvalue weighted by Gasteiger charge is 2.13. The quantitative estimate of drug-likeness (QED) is 0.639. The third-order valence-corrected chi connectivity index (χ3v) is 3.86. The summed E-state index contributed by atoms with van der Waals surface area (Å²) in [6.45, 7) is 0. The van der Waals surface area contributed by atoms with E-state index in [0.717, 1.165) is 22.4 Å². The molecule has 0 unspecified atom stereocenters. The Morgan fingerprint density at radius 3 is 2.63 bits per heavy atom. The Balaban J connectivity index is 1.87. The van der Waals surface area contributed by atoms with Crippen LogP contribution in [0.1, 0.15) is 38.5 Å². The van der Waals surface area contributed by atoms with E-state index in [-0.39, 0.29) is 0 Å². The number of hydrogen-bond acceptors (Lipinski definition) is 4. The van der Waals surface area contributed by atoms with Crippen LogP contribution >= 0.6 is 0 Å². The number of nitrogens with one attached hydrogen (secondary N) is 1. The maximum Gasteiger partial charge on any atom is 0.137 e. The normalized spacial score (nSPS) is 17.3. The van der Waals surface area contributed by atoms with Crippen molar-refractivity contribution in [3.8, 4) is 0 Å². The molecule has 1 aliphatic carbocycles. The van der Waals surface area contributed by atoms with E-state index in [2.05, 4.69) is 15.3 Å². The SMILES string of the molecule is Nc1ccc2c(NC3CCCCCC3)ncnc2c1. The van der Waals surface area contributed by atoms with Gasteiger partial charge in [-0.1, -0.05) is 25.7 Å². The van der Waals surface area contributed by atoms with Gasteiger partial charge in [-0.2, -0.15) is 0 Å². The molecule has 19 heavy (non-hydrogen) atoms. The average molecular weight is 256 g/mol. The maximum absolute atomic E-state index is 5.80. The summed E-state index contributed by atoms with van der Waals surface area (Å²) in [6, 6.07) is 6.35. The number of rotatable bonds is 2. The number of nitrogen functional groups attached to an aromatic ring is 1. The second kappa shape index (κ2) is 5.43. The number of nitrogens with zero attached hydrogens (tertiary/aromatic N) is 2. The monoisotopic (exact) mass is 256 g/mol. The molecular formula is C15H20N4. The van der Waals surface area contributed by atoms with Gasteiger partial charge < -0.3 is 11.1 Å². The predicted molar refractivity (Wildman–Crippen MR) is 79.1 cm³/mol. The smallest absolute Gasteiger partial charge is 0.137 e. The second-order valence-electron chi connectivity index (χ2n) is 5.33. The van der Waals surface area contributed by atoms with E-state index in [1.165, 1.54) is 38.5 Å². The molecule has 4 nitrogen and oxygen atoms in total. The largest absolute Gasteiger partial charge is 0.399 e. The summed E-state index contributed by atoms with van der Waals surface area (Å²) < 4.78 is 0. The van der Waals surface area contributed by atoms with Gasteiger partial charge in [0, 0.05) is 17.1 Å². The van der Waals surface area contributed by atoms with Crippen LogP contribution in [0.25, 0.3) is 10.9 Å². The first-order valence-electron chi connectivity index (χ1n) is 7.10. The van der Waals surface area contributed by atoms with Gasteiger partial charge in [-0.3, -0.25) is 0 Å². The first kappa shape index (κ1) is 12.2. The molecule has 3 rings (SSSR count). The number of nitrogens with two attached hydrogens (primary N) is 1. The minimum Gasteiger partial charge on any atom is -0.399 e. The second-order valence-corrected chi connectivity index (χ2v) is 5.33. The first-order valence-corrected chi connectivity index (χ1v) is 7.10. The fraction of sp³-hybridized carbons (Fsp3) is 0.467. The van der Waals surface area contributed by atoms with Crippen LogP contribution < -0.4 is 11.1 Å². The number of benzene rings is 1. The van der Waals surface area contributed by atoms with Gasteiger partial charge in [-0.25, -0.2) is 9.97 Å². The molecule has 100 valence electrons. The highest BCUT2D eigenvalue weighted by atomic mass is 15.0. The molecule has 0 atom stereocenters. The fourth-order valence-electron chi connectivity index (χ4n) is 2.81. The van der Waals surface area contributed by atoms with Gasteiger partial charge >= 0.3 is 0 Å². The van der Waals surface area contributed by atoms with Gasteiger partial charge in [0.15, 0.2) is 0 Å². The van der Waals surface area contributed by atoms with E-state index in [0.29, 0.717) is 6.04 Å². The molecule has 1 fully saturated rings. The van der Waals surface area contributed by atoms with E-state index < -0.39 is 0 Å². The summed E-state index contributed by atoms with van der Waals surface area (Å²) in [7, 11) is 0. The van der Waals surface area contributed by atoms with Gasteiger partial charge in [-0.05, 0) is 31.0 Å². The molecule has 3 N–H and O–H groups in total. The number of hydrogen-bond donors (Lipinski definition) is 2. The molecule has 1 saturated carbocycles. The van der Waals surface area contributed by atoms with Gasteiger partial charge in [0.1, 0.15) is 12.1 Å². The van der Waals surface area contributed by atoms with Crippen LogP contribution in [0.4, 0.5) is 11.5 Å². The Bertz CT molecular complexity index is 559. The molecule has 1 aromatic carbocycles. The van der Waals surface area contributed by atoms with E-state index >= 15 is 0 Å². The Morgan fingerprint density at radius 2 is 1.84 bits per heavy atom. The van der Waals surface area contributed by atoms with Crippen molar-refractivity contribution in [3.05, 3.63) is 24.5 Å². The molecule has 0 saturated heterocycles. The summed E-state index contributed by atoms with van der Waals surface area (Å²) in [5.41, 5.74) is 7.45. The van der Waals surface area contributed by atoms with Crippen molar-refractivity contribution in [3.63, 3.8) is 0 Å². The minimum absolute atomic E-state index is 0.540. The van der Waals surface area contributed by atoms with Crippen molar-refractivity contribution < 1.29 is 0 Å². The van der Waals surface area contributed by atoms with Crippen LogP contribution in [0, 0.1) is 0 Å². The lowest BCUT2D eigenvalue weighted by molar-refractivity contribution is 0.618. The zero-order valence-corrected chi connectivity index (χ0v) is 11.1. The van der Waals surface area contributed by atoms with Gasteiger partial charge in [0.25, 0.3) is 0 Å². The fourth-order valence-corrected chi connectivity index (χ4v) is 2.81. The third-order valence-electron chi connectivity index (χ3n) is 3.86. The van der Waals surface area contributed by atoms with Crippen LogP contribution in [-0.2, 0) is 0 Å². The van der Waals surface area contributed by atoms with E-state index in [9.17, 15) is 0 Å². The van der Waals surface area contributed by atoms with E-state index in [1.807, 2.05) is 18.2 Å². The number of anilines is 2. The summed E-state index contributed by atoms with van der Waals surface area (Å²) in [4.78, 5) is 8.68. The van der Waals surface area contributed by atoms with Crippen molar-refractivity contribution in [2.24, 2.45) is 0 Å². The maximum atomic E-state index is 5.80. The van der Waals surface area contributed by atoms with E-state index in [1.54, 1.807) is 6.33 Å². The Labute approximate surface area is 113 Å².